The number of anilines is 1. The normalized spacial score (nSPS) is 10.3. The van der Waals surface area contributed by atoms with E-state index in [1.165, 1.54) is 30.3 Å². The van der Waals surface area contributed by atoms with Crippen LogP contribution < -0.4 is 10.7 Å². The number of hydrazone groups is 1. The number of carbonyl (C=O) groups is 3. The van der Waals surface area contributed by atoms with E-state index in [0.717, 1.165) is 0 Å². The molecule has 0 aromatic heterocycles. The van der Waals surface area contributed by atoms with Crippen LogP contribution in [0.1, 0.15) is 17.3 Å². The number of carboxylic acid groups (broad SMARTS) is 1. The predicted octanol–water partition coefficient (Wildman–Crippen LogP) is 0.949. The maximum Gasteiger partial charge on any atom is 0.414 e. The fraction of sp³-hybridized carbons (Fsp3) is 0.154. The van der Waals surface area contributed by atoms with Gasteiger partial charge in [-0.2, -0.15) is 10.4 Å². The van der Waals surface area contributed by atoms with Gasteiger partial charge in [-0.25, -0.2) is 9.59 Å². The number of alkyl carbamates (subject to hydrolysis) is 1. The van der Waals surface area contributed by atoms with Crippen LogP contribution >= 0.6 is 0 Å². The largest absolute Gasteiger partial charge is 0.478 e. The third-order valence-electron chi connectivity index (χ3n) is 2.24. The molecule has 0 spiro atoms. The van der Waals surface area contributed by atoms with Crippen molar-refractivity contribution in [3.63, 3.8) is 0 Å². The van der Waals surface area contributed by atoms with Crippen LogP contribution in [-0.2, 0) is 9.53 Å². The van der Waals surface area contributed by atoms with Gasteiger partial charge in [0.1, 0.15) is 6.07 Å². The molecule has 2 amide bonds. The van der Waals surface area contributed by atoms with Crippen molar-refractivity contribution in [1.82, 2.24) is 5.32 Å². The summed E-state index contributed by atoms with van der Waals surface area (Å²) in [7, 11) is 0. The molecule has 114 valence electrons. The Bertz CT molecular complexity index is 645. The van der Waals surface area contributed by atoms with Gasteiger partial charge < -0.3 is 9.84 Å². The van der Waals surface area contributed by atoms with Crippen LogP contribution in [0.3, 0.4) is 0 Å². The number of benzene rings is 1. The number of nitriles is 1. The first-order valence-corrected chi connectivity index (χ1v) is 6.03. The maximum atomic E-state index is 11.5. The molecular formula is C13H12N4O5. The molecule has 3 N–H and O–H groups in total. The van der Waals surface area contributed by atoms with Gasteiger partial charge in [-0.05, 0) is 31.2 Å². The lowest BCUT2D eigenvalue weighted by Gasteiger charge is -2.03. The summed E-state index contributed by atoms with van der Waals surface area (Å²) in [6.07, 6.45) is -0.985. The molecule has 9 heteroatoms. The van der Waals surface area contributed by atoms with E-state index >= 15 is 0 Å². The quantitative estimate of drug-likeness (QED) is 0.543. The standard InChI is InChI=1S/C13H12N4O5/c1-2-22-13(21)15-11(18)10(7-14)17-16-9-5-3-8(4-6-9)12(19)20/h3-6,16H,2H2,1H3,(H,19,20)(H,15,18,21)/b17-10+. The molecule has 0 aliphatic carbocycles. The highest BCUT2D eigenvalue weighted by atomic mass is 16.5. The van der Waals surface area contributed by atoms with Crippen LogP contribution in [0.5, 0.6) is 0 Å². The van der Waals surface area contributed by atoms with Crippen molar-refractivity contribution >= 4 is 29.4 Å². The zero-order valence-electron chi connectivity index (χ0n) is 11.5. The van der Waals surface area contributed by atoms with Crippen LogP contribution in [-0.4, -0.2) is 35.4 Å². The lowest BCUT2D eigenvalue weighted by Crippen LogP contribution is -2.36. The molecule has 0 atom stereocenters. The number of hydrogen-bond donors (Lipinski definition) is 3. The lowest BCUT2D eigenvalue weighted by atomic mass is 10.2. The van der Waals surface area contributed by atoms with Crippen molar-refractivity contribution in [3.05, 3.63) is 29.8 Å². The van der Waals surface area contributed by atoms with Crippen molar-refractivity contribution in [1.29, 1.82) is 5.26 Å². The first kappa shape index (κ1) is 16.6. The molecule has 0 heterocycles. The van der Waals surface area contributed by atoms with Gasteiger partial charge in [-0.15, -0.1) is 0 Å². The number of nitrogens with one attached hydrogen (secondary N) is 2. The van der Waals surface area contributed by atoms with Crippen LogP contribution in [0, 0.1) is 11.3 Å². The number of imide groups is 1. The summed E-state index contributed by atoms with van der Waals surface area (Å²) in [5.41, 5.74) is 2.26. The van der Waals surface area contributed by atoms with E-state index in [2.05, 4.69) is 15.3 Å². The molecule has 22 heavy (non-hydrogen) atoms. The summed E-state index contributed by atoms with van der Waals surface area (Å²) in [4.78, 5) is 33.3. The predicted molar refractivity (Wildman–Crippen MR) is 75.2 cm³/mol. The molecule has 0 bridgehead atoms. The minimum Gasteiger partial charge on any atom is -0.478 e. The van der Waals surface area contributed by atoms with E-state index in [0.29, 0.717) is 5.69 Å². The smallest absolute Gasteiger partial charge is 0.414 e. The summed E-state index contributed by atoms with van der Waals surface area (Å²) in [6.45, 7) is 1.64. The van der Waals surface area contributed by atoms with Gasteiger partial charge in [0.15, 0.2) is 0 Å². The molecule has 0 aliphatic heterocycles. The molecule has 9 nitrogen and oxygen atoms in total. The van der Waals surface area contributed by atoms with E-state index in [4.69, 9.17) is 10.4 Å². The molecule has 0 aliphatic rings. The number of carbonyl (C=O) groups excluding carboxylic acids is 2. The third-order valence-corrected chi connectivity index (χ3v) is 2.24. The minimum atomic E-state index is -1.08. The van der Waals surface area contributed by atoms with Crippen LogP contribution in [0.15, 0.2) is 29.4 Å². The molecule has 0 fully saturated rings. The van der Waals surface area contributed by atoms with Gasteiger partial charge in [0.05, 0.1) is 17.9 Å². The topological polar surface area (TPSA) is 141 Å². The van der Waals surface area contributed by atoms with Crippen LogP contribution in [0.4, 0.5) is 10.5 Å². The number of aromatic carboxylic acids is 1. The Hall–Kier alpha value is -3.41. The Morgan fingerprint density at radius 3 is 2.45 bits per heavy atom. The Morgan fingerprint density at radius 1 is 1.32 bits per heavy atom. The van der Waals surface area contributed by atoms with Crippen molar-refractivity contribution in [2.45, 2.75) is 6.92 Å². The molecule has 1 aromatic rings. The molecule has 1 rings (SSSR count). The van der Waals surface area contributed by atoms with Gasteiger partial charge in [0, 0.05) is 0 Å². The Labute approximate surface area is 125 Å². The first-order chi connectivity index (χ1) is 10.5. The van der Waals surface area contributed by atoms with E-state index in [9.17, 15) is 14.4 Å². The Balaban J connectivity index is 2.73. The summed E-state index contributed by atoms with van der Waals surface area (Å²) in [5, 5.41) is 22.9. The zero-order valence-corrected chi connectivity index (χ0v) is 11.5. The number of carboxylic acids is 1. The van der Waals surface area contributed by atoms with E-state index in [-0.39, 0.29) is 12.2 Å². The summed E-state index contributed by atoms with van der Waals surface area (Å²) < 4.78 is 4.49. The first-order valence-electron chi connectivity index (χ1n) is 6.03. The van der Waals surface area contributed by atoms with E-state index in [1.54, 1.807) is 6.92 Å². The number of hydrogen-bond acceptors (Lipinski definition) is 7. The molecule has 0 unspecified atom stereocenters. The van der Waals surface area contributed by atoms with Gasteiger partial charge in [0.2, 0.25) is 5.71 Å². The summed E-state index contributed by atoms with van der Waals surface area (Å²) in [5.74, 6) is -2.10. The second kappa shape index (κ2) is 8.01. The highest BCUT2D eigenvalue weighted by Crippen LogP contribution is 2.09. The van der Waals surface area contributed by atoms with Gasteiger partial charge in [-0.3, -0.25) is 15.5 Å². The van der Waals surface area contributed by atoms with E-state index in [1.807, 2.05) is 5.32 Å². The fourth-order valence-corrected chi connectivity index (χ4v) is 1.25. The molecule has 0 saturated heterocycles. The summed E-state index contributed by atoms with van der Waals surface area (Å²) >= 11 is 0. The molecule has 0 radical (unpaired) electrons. The molecular weight excluding hydrogens is 292 g/mol. The van der Waals surface area contributed by atoms with Crippen molar-refractivity contribution in [2.75, 3.05) is 12.0 Å². The highest BCUT2D eigenvalue weighted by Gasteiger charge is 2.15. The van der Waals surface area contributed by atoms with Crippen LogP contribution in [0.2, 0.25) is 0 Å². The zero-order chi connectivity index (χ0) is 16.5. The fourth-order valence-electron chi connectivity index (χ4n) is 1.25. The molecule has 0 saturated carbocycles. The highest BCUT2D eigenvalue weighted by molar-refractivity contribution is 6.46. The molecule has 1 aromatic carbocycles. The average Bonchev–Trinajstić information content (AvgIpc) is 2.48. The average molecular weight is 304 g/mol. The number of ether oxygens (including phenoxy) is 1. The number of nitrogens with zero attached hydrogens (tertiary/aromatic N) is 2. The Morgan fingerprint density at radius 2 is 1.95 bits per heavy atom. The van der Waals surface area contributed by atoms with E-state index < -0.39 is 23.7 Å². The van der Waals surface area contributed by atoms with Gasteiger partial charge in [-0.1, -0.05) is 0 Å². The maximum absolute atomic E-state index is 11.5. The van der Waals surface area contributed by atoms with Gasteiger partial charge >= 0.3 is 12.1 Å². The monoisotopic (exact) mass is 304 g/mol. The van der Waals surface area contributed by atoms with Gasteiger partial charge in [0.25, 0.3) is 5.91 Å². The van der Waals surface area contributed by atoms with Crippen molar-refractivity contribution in [2.24, 2.45) is 5.10 Å². The lowest BCUT2D eigenvalue weighted by molar-refractivity contribution is -0.114. The SMILES string of the molecule is CCOC(=O)NC(=O)/C(C#N)=N/Nc1ccc(C(=O)O)cc1. The number of rotatable bonds is 5. The second-order valence-corrected chi connectivity index (χ2v) is 3.74. The minimum absolute atomic E-state index is 0.0757. The van der Waals surface area contributed by atoms with Crippen molar-refractivity contribution in [3.8, 4) is 6.07 Å². The van der Waals surface area contributed by atoms with Crippen molar-refractivity contribution < 1.29 is 24.2 Å². The third kappa shape index (κ3) is 4.93. The van der Waals surface area contributed by atoms with Crippen LogP contribution in [0.25, 0.3) is 0 Å². The Kier molecular flexibility index (Phi) is 6.06. The number of amides is 2. The summed E-state index contributed by atoms with van der Waals surface area (Å²) in [6, 6.07) is 6.99. The second-order valence-electron chi connectivity index (χ2n) is 3.74.